The average Bonchev–Trinajstić information content (AvgIpc) is 2.55. The van der Waals surface area contributed by atoms with E-state index in [0.717, 1.165) is 11.3 Å². The largest absolute Gasteiger partial charge is 0.494 e. The molecule has 0 saturated heterocycles. The third kappa shape index (κ3) is 6.28. The van der Waals surface area contributed by atoms with Crippen molar-refractivity contribution in [3.05, 3.63) is 66.2 Å². The molecule has 2 aromatic carbocycles. The van der Waals surface area contributed by atoms with Crippen molar-refractivity contribution in [2.75, 3.05) is 12.4 Å². The van der Waals surface area contributed by atoms with Crippen molar-refractivity contribution in [2.24, 2.45) is 0 Å². The van der Waals surface area contributed by atoms with Gasteiger partial charge in [0.05, 0.1) is 12.4 Å². The first-order valence-corrected chi connectivity index (χ1v) is 9.00. The number of nitrogens with one attached hydrogen (secondary N) is 1. The van der Waals surface area contributed by atoms with Crippen molar-refractivity contribution >= 4 is 10.0 Å². The Labute approximate surface area is 132 Å². The molecule has 0 aliphatic carbocycles. The quantitative estimate of drug-likeness (QED) is 0.723. The normalized spacial score (nSPS) is 11.3. The fraction of sp³-hybridized carbons (Fsp3) is 0.294. The van der Waals surface area contributed by atoms with E-state index in [9.17, 15) is 8.42 Å². The van der Waals surface area contributed by atoms with Crippen LogP contribution in [0.4, 0.5) is 0 Å². The molecule has 2 aromatic rings. The van der Waals surface area contributed by atoms with Crippen LogP contribution in [0.5, 0.6) is 5.75 Å². The molecule has 1 N–H and O–H groups in total. The summed E-state index contributed by atoms with van der Waals surface area (Å²) in [5, 5.41) is 0. The molecule has 0 atom stereocenters. The molecule has 0 fully saturated rings. The van der Waals surface area contributed by atoms with Gasteiger partial charge < -0.3 is 4.74 Å². The van der Waals surface area contributed by atoms with Crippen LogP contribution in [0, 0.1) is 0 Å². The van der Waals surface area contributed by atoms with Crippen LogP contribution in [0.15, 0.2) is 60.7 Å². The molecular formula is C17H21NO3S. The van der Waals surface area contributed by atoms with E-state index in [1.54, 1.807) is 0 Å². The standard InChI is InChI=1S/C17H21NO3S/c19-22(20,18-15-16-9-3-1-4-10-16)14-8-7-13-21-17-11-5-2-6-12-17/h1-6,9-12,18H,7-8,13-15H2. The van der Waals surface area contributed by atoms with Crippen molar-refractivity contribution in [1.29, 1.82) is 0 Å². The molecule has 2 rings (SSSR count). The zero-order valence-electron chi connectivity index (χ0n) is 12.4. The van der Waals surface area contributed by atoms with Crippen molar-refractivity contribution in [2.45, 2.75) is 19.4 Å². The van der Waals surface area contributed by atoms with E-state index in [2.05, 4.69) is 4.72 Å². The lowest BCUT2D eigenvalue weighted by Crippen LogP contribution is -2.26. The Morgan fingerprint density at radius 3 is 2.18 bits per heavy atom. The molecule has 0 bridgehead atoms. The van der Waals surface area contributed by atoms with Gasteiger partial charge in [-0.3, -0.25) is 0 Å². The lowest BCUT2D eigenvalue weighted by Gasteiger charge is -2.08. The monoisotopic (exact) mass is 319 g/mol. The van der Waals surface area contributed by atoms with E-state index >= 15 is 0 Å². The molecule has 0 aliphatic rings. The van der Waals surface area contributed by atoms with Gasteiger partial charge in [-0.2, -0.15) is 0 Å². The van der Waals surface area contributed by atoms with Crippen LogP contribution in [0.25, 0.3) is 0 Å². The van der Waals surface area contributed by atoms with E-state index in [4.69, 9.17) is 4.74 Å². The molecule has 0 radical (unpaired) electrons. The smallest absolute Gasteiger partial charge is 0.211 e. The van der Waals surface area contributed by atoms with E-state index < -0.39 is 10.0 Å². The van der Waals surface area contributed by atoms with Crippen LogP contribution in [-0.2, 0) is 16.6 Å². The van der Waals surface area contributed by atoms with Gasteiger partial charge in [0.1, 0.15) is 5.75 Å². The lowest BCUT2D eigenvalue weighted by molar-refractivity contribution is 0.309. The number of para-hydroxylation sites is 1. The first-order chi connectivity index (χ1) is 10.7. The molecule has 0 aliphatic heterocycles. The van der Waals surface area contributed by atoms with E-state index in [1.807, 2.05) is 60.7 Å². The van der Waals surface area contributed by atoms with Crippen molar-refractivity contribution in [3.63, 3.8) is 0 Å². The van der Waals surface area contributed by atoms with Gasteiger partial charge in [-0.1, -0.05) is 48.5 Å². The fourth-order valence-corrected chi connectivity index (χ4v) is 3.08. The highest BCUT2D eigenvalue weighted by molar-refractivity contribution is 7.89. The van der Waals surface area contributed by atoms with Gasteiger partial charge in [0.25, 0.3) is 0 Å². The summed E-state index contributed by atoms with van der Waals surface area (Å²) in [6.07, 6.45) is 1.29. The predicted molar refractivity (Wildman–Crippen MR) is 88.2 cm³/mol. The maximum absolute atomic E-state index is 11.9. The highest BCUT2D eigenvalue weighted by atomic mass is 32.2. The molecule has 0 spiro atoms. The van der Waals surface area contributed by atoms with Gasteiger partial charge in [0.15, 0.2) is 0 Å². The number of unbranched alkanes of at least 4 members (excludes halogenated alkanes) is 1. The highest BCUT2D eigenvalue weighted by Crippen LogP contribution is 2.09. The van der Waals surface area contributed by atoms with Gasteiger partial charge in [-0.25, -0.2) is 13.1 Å². The number of hydrogen-bond acceptors (Lipinski definition) is 3. The number of rotatable bonds is 9. The third-order valence-corrected chi connectivity index (χ3v) is 4.57. The molecule has 118 valence electrons. The number of benzene rings is 2. The first kappa shape index (κ1) is 16.5. The molecular weight excluding hydrogens is 298 g/mol. The molecule has 0 unspecified atom stereocenters. The van der Waals surface area contributed by atoms with E-state index in [-0.39, 0.29) is 5.75 Å². The summed E-state index contributed by atoms with van der Waals surface area (Å²) >= 11 is 0. The Morgan fingerprint density at radius 2 is 1.50 bits per heavy atom. The topological polar surface area (TPSA) is 55.4 Å². The molecule has 22 heavy (non-hydrogen) atoms. The zero-order valence-corrected chi connectivity index (χ0v) is 13.3. The molecule has 0 amide bonds. The van der Waals surface area contributed by atoms with Gasteiger partial charge in [0.2, 0.25) is 10.0 Å². The molecule has 0 saturated carbocycles. The Balaban J connectivity index is 1.63. The Morgan fingerprint density at radius 1 is 0.864 bits per heavy atom. The Kier molecular flexibility index (Phi) is 6.43. The Hall–Kier alpha value is -1.85. The average molecular weight is 319 g/mol. The summed E-state index contributed by atoms with van der Waals surface area (Å²) < 4.78 is 31.9. The summed E-state index contributed by atoms with van der Waals surface area (Å²) in [5.74, 6) is 0.936. The van der Waals surface area contributed by atoms with Crippen LogP contribution in [-0.4, -0.2) is 20.8 Å². The van der Waals surface area contributed by atoms with Gasteiger partial charge in [-0.05, 0) is 30.5 Å². The van der Waals surface area contributed by atoms with Gasteiger partial charge in [0, 0.05) is 6.54 Å². The maximum Gasteiger partial charge on any atom is 0.211 e. The van der Waals surface area contributed by atoms with Crippen LogP contribution in [0.1, 0.15) is 18.4 Å². The highest BCUT2D eigenvalue weighted by Gasteiger charge is 2.09. The second-order valence-electron chi connectivity index (χ2n) is 4.99. The minimum absolute atomic E-state index is 0.123. The minimum Gasteiger partial charge on any atom is -0.494 e. The van der Waals surface area contributed by atoms with Crippen molar-refractivity contribution < 1.29 is 13.2 Å². The second-order valence-corrected chi connectivity index (χ2v) is 6.92. The number of ether oxygens (including phenoxy) is 1. The summed E-state index contributed by atoms with van der Waals surface area (Å²) in [6.45, 7) is 0.863. The molecule has 0 aromatic heterocycles. The molecule has 4 nitrogen and oxygen atoms in total. The van der Waals surface area contributed by atoms with Gasteiger partial charge in [-0.15, -0.1) is 0 Å². The minimum atomic E-state index is -3.23. The molecule has 0 heterocycles. The van der Waals surface area contributed by atoms with Crippen LogP contribution >= 0.6 is 0 Å². The number of sulfonamides is 1. The Bertz CT molecular complexity index is 642. The van der Waals surface area contributed by atoms with E-state index in [0.29, 0.717) is 26.0 Å². The van der Waals surface area contributed by atoms with Crippen LogP contribution in [0.3, 0.4) is 0 Å². The summed E-state index contributed by atoms with van der Waals surface area (Å²) in [6, 6.07) is 19.0. The summed E-state index contributed by atoms with van der Waals surface area (Å²) in [4.78, 5) is 0. The lowest BCUT2D eigenvalue weighted by atomic mass is 10.2. The van der Waals surface area contributed by atoms with E-state index in [1.165, 1.54) is 0 Å². The van der Waals surface area contributed by atoms with Crippen LogP contribution < -0.4 is 9.46 Å². The zero-order chi connectivity index (χ0) is 15.7. The van der Waals surface area contributed by atoms with Crippen LogP contribution in [0.2, 0.25) is 0 Å². The third-order valence-electron chi connectivity index (χ3n) is 3.16. The summed E-state index contributed by atoms with van der Waals surface area (Å²) in [5.41, 5.74) is 0.957. The second kappa shape index (κ2) is 8.56. The summed E-state index contributed by atoms with van der Waals surface area (Å²) in [7, 11) is -3.23. The molecule has 5 heteroatoms. The first-order valence-electron chi connectivity index (χ1n) is 7.35. The fourth-order valence-electron chi connectivity index (χ4n) is 1.96. The van der Waals surface area contributed by atoms with Crippen molar-refractivity contribution in [1.82, 2.24) is 4.72 Å². The van der Waals surface area contributed by atoms with Crippen molar-refractivity contribution in [3.8, 4) is 5.75 Å². The number of hydrogen-bond donors (Lipinski definition) is 1. The SMILES string of the molecule is O=S(=O)(CCCCOc1ccccc1)NCc1ccccc1. The predicted octanol–water partition coefficient (Wildman–Crippen LogP) is 2.97. The maximum atomic E-state index is 11.9. The van der Waals surface area contributed by atoms with Gasteiger partial charge >= 0.3 is 0 Å².